The van der Waals surface area contributed by atoms with Crippen LogP contribution in [0.2, 0.25) is 0 Å². The minimum absolute atomic E-state index is 0.0475. The summed E-state index contributed by atoms with van der Waals surface area (Å²) in [5, 5.41) is 4.65. The van der Waals surface area contributed by atoms with Crippen LogP contribution in [0.5, 0.6) is 5.75 Å². The summed E-state index contributed by atoms with van der Waals surface area (Å²) in [6.07, 6.45) is 0.944. The van der Waals surface area contributed by atoms with Crippen LogP contribution in [-0.4, -0.2) is 19.6 Å². The van der Waals surface area contributed by atoms with E-state index in [9.17, 15) is 4.79 Å². The standard InChI is InChI=1S/C9H13NO2S/c1-3-5-10-9(11)8-7(12-2)4-6-13-8/h4,6H,3,5H2,1-2H3,(H,10,11). The van der Waals surface area contributed by atoms with Crippen LogP contribution >= 0.6 is 11.3 Å². The zero-order valence-electron chi connectivity index (χ0n) is 7.79. The maximum absolute atomic E-state index is 11.5. The lowest BCUT2D eigenvalue weighted by molar-refractivity contribution is 0.0955. The Hall–Kier alpha value is -1.03. The fraction of sp³-hybridized carbons (Fsp3) is 0.444. The average molecular weight is 199 g/mol. The number of thiophene rings is 1. The Morgan fingerprint density at radius 2 is 2.46 bits per heavy atom. The summed E-state index contributed by atoms with van der Waals surface area (Å²) in [6, 6.07) is 1.80. The van der Waals surface area contributed by atoms with Gasteiger partial charge in [0.1, 0.15) is 10.6 Å². The molecular formula is C9H13NO2S. The third-order valence-corrected chi connectivity index (χ3v) is 2.49. The van der Waals surface area contributed by atoms with Crippen LogP contribution in [0.1, 0.15) is 23.0 Å². The molecule has 13 heavy (non-hydrogen) atoms. The van der Waals surface area contributed by atoms with Crippen molar-refractivity contribution in [3.8, 4) is 5.75 Å². The molecule has 1 N–H and O–H groups in total. The molecule has 0 saturated carbocycles. The van der Waals surface area contributed by atoms with Crippen LogP contribution in [-0.2, 0) is 0 Å². The summed E-state index contributed by atoms with van der Waals surface area (Å²) < 4.78 is 5.04. The van der Waals surface area contributed by atoms with Gasteiger partial charge in [0, 0.05) is 6.54 Å². The van der Waals surface area contributed by atoms with Gasteiger partial charge in [0.05, 0.1) is 7.11 Å². The van der Waals surface area contributed by atoms with Gasteiger partial charge in [-0.1, -0.05) is 6.92 Å². The van der Waals surface area contributed by atoms with Crippen molar-refractivity contribution in [1.29, 1.82) is 0 Å². The number of methoxy groups -OCH3 is 1. The molecule has 0 aliphatic rings. The SMILES string of the molecule is CCCNC(=O)c1sccc1OC. The second-order valence-corrected chi connectivity index (χ2v) is 3.49. The topological polar surface area (TPSA) is 38.3 Å². The number of hydrogen-bond donors (Lipinski definition) is 1. The fourth-order valence-electron chi connectivity index (χ4n) is 0.943. The molecule has 1 aromatic heterocycles. The van der Waals surface area contributed by atoms with Gasteiger partial charge in [-0.3, -0.25) is 4.79 Å². The van der Waals surface area contributed by atoms with E-state index in [0.29, 0.717) is 17.2 Å². The Morgan fingerprint density at radius 1 is 1.69 bits per heavy atom. The highest BCUT2D eigenvalue weighted by atomic mass is 32.1. The van der Waals surface area contributed by atoms with Crippen LogP contribution in [0.25, 0.3) is 0 Å². The Balaban J connectivity index is 2.65. The van der Waals surface area contributed by atoms with Gasteiger partial charge in [-0.25, -0.2) is 0 Å². The second-order valence-electron chi connectivity index (χ2n) is 2.57. The van der Waals surface area contributed by atoms with E-state index in [1.807, 2.05) is 12.3 Å². The minimum Gasteiger partial charge on any atom is -0.495 e. The smallest absolute Gasteiger partial charge is 0.265 e. The molecule has 1 aromatic rings. The van der Waals surface area contributed by atoms with Gasteiger partial charge in [-0.05, 0) is 17.9 Å². The highest BCUT2D eigenvalue weighted by Crippen LogP contribution is 2.23. The lowest BCUT2D eigenvalue weighted by atomic mass is 10.4. The minimum atomic E-state index is -0.0475. The normalized spacial score (nSPS) is 9.69. The predicted octanol–water partition coefficient (Wildman–Crippen LogP) is 1.90. The summed E-state index contributed by atoms with van der Waals surface area (Å²) >= 11 is 1.40. The van der Waals surface area contributed by atoms with E-state index in [4.69, 9.17) is 4.74 Å². The van der Waals surface area contributed by atoms with Crippen molar-refractivity contribution >= 4 is 17.2 Å². The van der Waals surface area contributed by atoms with E-state index in [0.717, 1.165) is 6.42 Å². The molecule has 0 radical (unpaired) electrons. The van der Waals surface area contributed by atoms with Gasteiger partial charge in [0.25, 0.3) is 5.91 Å². The summed E-state index contributed by atoms with van der Waals surface area (Å²) in [7, 11) is 1.57. The molecule has 4 heteroatoms. The summed E-state index contributed by atoms with van der Waals surface area (Å²) in [5.74, 6) is 0.604. The third kappa shape index (κ3) is 2.45. The first-order valence-corrected chi connectivity index (χ1v) is 5.07. The first-order chi connectivity index (χ1) is 6.29. The van der Waals surface area contributed by atoms with Gasteiger partial charge in [0.2, 0.25) is 0 Å². The third-order valence-electron chi connectivity index (χ3n) is 1.59. The van der Waals surface area contributed by atoms with E-state index in [1.165, 1.54) is 11.3 Å². The highest BCUT2D eigenvalue weighted by molar-refractivity contribution is 7.12. The second kappa shape index (κ2) is 4.87. The van der Waals surface area contributed by atoms with E-state index < -0.39 is 0 Å². The quantitative estimate of drug-likeness (QED) is 0.804. The molecule has 0 aliphatic carbocycles. The van der Waals surface area contributed by atoms with Crippen molar-refractivity contribution in [3.05, 3.63) is 16.3 Å². The molecule has 0 unspecified atom stereocenters. The van der Waals surface area contributed by atoms with Crippen molar-refractivity contribution in [2.45, 2.75) is 13.3 Å². The monoisotopic (exact) mass is 199 g/mol. The maximum Gasteiger partial charge on any atom is 0.265 e. The number of amides is 1. The van der Waals surface area contributed by atoms with Crippen molar-refractivity contribution in [3.63, 3.8) is 0 Å². The number of ether oxygens (including phenoxy) is 1. The summed E-state index contributed by atoms with van der Waals surface area (Å²) in [6.45, 7) is 2.73. The number of nitrogens with one attached hydrogen (secondary N) is 1. The lowest BCUT2D eigenvalue weighted by Gasteiger charge is -2.02. The van der Waals surface area contributed by atoms with Gasteiger partial charge in [-0.2, -0.15) is 0 Å². The molecule has 0 fully saturated rings. The largest absolute Gasteiger partial charge is 0.495 e. The molecule has 72 valence electrons. The highest BCUT2D eigenvalue weighted by Gasteiger charge is 2.12. The van der Waals surface area contributed by atoms with Crippen molar-refractivity contribution < 1.29 is 9.53 Å². The van der Waals surface area contributed by atoms with E-state index in [2.05, 4.69) is 5.32 Å². The molecule has 0 aromatic carbocycles. The number of hydrogen-bond acceptors (Lipinski definition) is 3. The van der Waals surface area contributed by atoms with Crippen LogP contribution < -0.4 is 10.1 Å². The number of carbonyl (C=O) groups is 1. The molecule has 0 bridgehead atoms. The molecule has 0 aliphatic heterocycles. The van der Waals surface area contributed by atoms with Crippen molar-refractivity contribution in [2.24, 2.45) is 0 Å². The van der Waals surface area contributed by atoms with Crippen LogP contribution in [0.3, 0.4) is 0 Å². The van der Waals surface area contributed by atoms with Crippen molar-refractivity contribution in [2.75, 3.05) is 13.7 Å². The fourth-order valence-corrected chi connectivity index (χ4v) is 1.72. The van der Waals surface area contributed by atoms with Gasteiger partial charge < -0.3 is 10.1 Å². The first-order valence-electron chi connectivity index (χ1n) is 4.19. The van der Waals surface area contributed by atoms with E-state index >= 15 is 0 Å². The lowest BCUT2D eigenvalue weighted by Crippen LogP contribution is -2.23. The van der Waals surface area contributed by atoms with Crippen LogP contribution in [0.15, 0.2) is 11.4 Å². The van der Waals surface area contributed by atoms with E-state index in [-0.39, 0.29) is 5.91 Å². The zero-order valence-corrected chi connectivity index (χ0v) is 8.61. The number of carbonyl (C=O) groups excluding carboxylic acids is 1. The van der Waals surface area contributed by atoms with Gasteiger partial charge in [-0.15, -0.1) is 11.3 Å². The van der Waals surface area contributed by atoms with Crippen LogP contribution in [0, 0.1) is 0 Å². The van der Waals surface area contributed by atoms with E-state index in [1.54, 1.807) is 13.2 Å². The molecule has 3 nitrogen and oxygen atoms in total. The Labute approximate surface area is 81.7 Å². The Bertz CT molecular complexity index is 283. The maximum atomic E-state index is 11.5. The predicted molar refractivity (Wildman–Crippen MR) is 53.5 cm³/mol. The number of rotatable bonds is 4. The Morgan fingerprint density at radius 3 is 3.08 bits per heavy atom. The molecule has 0 spiro atoms. The van der Waals surface area contributed by atoms with Gasteiger partial charge in [0.15, 0.2) is 0 Å². The van der Waals surface area contributed by atoms with Crippen molar-refractivity contribution in [1.82, 2.24) is 5.32 Å². The molecule has 1 heterocycles. The first kappa shape index (κ1) is 10.1. The molecule has 1 amide bonds. The summed E-state index contributed by atoms with van der Waals surface area (Å²) in [5.41, 5.74) is 0. The molecular weight excluding hydrogens is 186 g/mol. The molecule has 0 saturated heterocycles. The average Bonchev–Trinajstić information content (AvgIpc) is 2.61. The molecule has 0 atom stereocenters. The Kier molecular flexibility index (Phi) is 3.76. The van der Waals surface area contributed by atoms with Gasteiger partial charge >= 0.3 is 0 Å². The van der Waals surface area contributed by atoms with Crippen LogP contribution in [0.4, 0.5) is 0 Å². The molecule has 1 rings (SSSR count). The summed E-state index contributed by atoms with van der Waals surface area (Å²) in [4.78, 5) is 12.1. The zero-order chi connectivity index (χ0) is 9.68.